The summed E-state index contributed by atoms with van der Waals surface area (Å²) in [5.41, 5.74) is 1.47. The van der Waals surface area contributed by atoms with Crippen LogP contribution in [0.15, 0.2) is 42.0 Å². The van der Waals surface area contributed by atoms with E-state index in [0.29, 0.717) is 5.57 Å². The van der Waals surface area contributed by atoms with Crippen LogP contribution in [-0.2, 0) is 9.59 Å². The summed E-state index contributed by atoms with van der Waals surface area (Å²) in [4.78, 5) is 22.9. The Kier molecular flexibility index (Phi) is 3.09. The molecular formula is C14H14O3. The maximum atomic E-state index is 11.7. The van der Waals surface area contributed by atoms with Gasteiger partial charge in [-0.2, -0.15) is 0 Å². The molecule has 17 heavy (non-hydrogen) atoms. The average molecular weight is 230 g/mol. The second kappa shape index (κ2) is 4.53. The van der Waals surface area contributed by atoms with Crippen molar-refractivity contribution in [3.05, 3.63) is 47.5 Å². The standard InChI is InChI=1S/C14H14O3/c1-9-7-12(14(16)17)11(8-13(9)15)10-5-3-2-4-6-10/h2-7,11-12H,8H2,1H3,(H,16,17). The highest BCUT2D eigenvalue weighted by molar-refractivity contribution is 5.98. The van der Waals surface area contributed by atoms with Crippen LogP contribution in [0, 0.1) is 5.92 Å². The van der Waals surface area contributed by atoms with E-state index in [4.69, 9.17) is 0 Å². The van der Waals surface area contributed by atoms with Gasteiger partial charge in [0, 0.05) is 12.3 Å². The largest absolute Gasteiger partial charge is 0.481 e. The lowest BCUT2D eigenvalue weighted by Crippen LogP contribution is -2.27. The quantitative estimate of drug-likeness (QED) is 0.848. The Morgan fingerprint density at radius 3 is 2.53 bits per heavy atom. The van der Waals surface area contributed by atoms with Crippen LogP contribution in [-0.4, -0.2) is 16.9 Å². The van der Waals surface area contributed by atoms with Crippen molar-refractivity contribution in [3.8, 4) is 0 Å². The van der Waals surface area contributed by atoms with E-state index in [2.05, 4.69) is 0 Å². The highest BCUT2D eigenvalue weighted by Crippen LogP contribution is 2.35. The molecule has 0 aliphatic heterocycles. The molecule has 0 amide bonds. The van der Waals surface area contributed by atoms with E-state index in [9.17, 15) is 14.7 Å². The lowest BCUT2D eigenvalue weighted by Gasteiger charge is -2.26. The second-order valence-corrected chi connectivity index (χ2v) is 4.36. The summed E-state index contributed by atoms with van der Waals surface area (Å²) in [5, 5.41) is 9.22. The van der Waals surface area contributed by atoms with E-state index in [1.54, 1.807) is 13.0 Å². The molecule has 0 radical (unpaired) electrons. The van der Waals surface area contributed by atoms with Crippen molar-refractivity contribution >= 4 is 11.8 Å². The minimum Gasteiger partial charge on any atom is -0.481 e. The summed E-state index contributed by atoms with van der Waals surface area (Å²) in [5.74, 6) is -1.68. The van der Waals surface area contributed by atoms with Gasteiger partial charge in [0.05, 0.1) is 5.92 Å². The fourth-order valence-electron chi connectivity index (χ4n) is 2.23. The van der Waals surface area contributed by atoms with Crippen molar-refractivity contribution in [1.82, 2.24) is 0 Å². The third-order valence-corrected chi connectivity index (χ3v) is 3.22. The van der Waals surface area contributed by atoms with E-state index in [0.717, 1.165) is 5.56 Å². The zero-order chi connectivity index (χ0) is 12.4. The summed E-state index contributed by atoms with van der Waals surface area (Å²) in [6, 6.07) is 9.36. The molecule has 3 nitrogen and oxygen atoms in total. The van der Waals surface area contributed by atoms with Crippen molar-refractivity contribution in [2.75, 3.05) is 0 Å². The van der Waals surface area contributed by atoms with Crippen LogP contribution in [0.1, 0.15) is 24.8 Å². The first kappa shape index (κ1) is 11.6. The number of carboxylic acid groups (broad SMARTS) is 1. The molecule has 3 heteroatoms. The molecule has 2 rings (SSSR count). The van der Waals surface area contributed by atoms with Gasteiger partial charge in [0.2, 0.25) is 0 Å². The lowest BCUT2D eigenvalue weighted by atomic mass is 9.76. The predicted octanol–water partition coefficient (Wildman–Crippen LogP) is 2.39. The number of carbonyl (C=O) groups excluding carboxylic acids is 1. The van der Waals surface area contributed by atoms with Crippen LogP contribution in [0.25, 0.3) is 0 Å². The van der Waals surface area contributed by atoms with E-state index < -0.39 is 11.9 Å². The number of hydrogen-bond donors (Lipinski definition) is 1. The van der Waals surface area contributed by atoms with E-state index in [1.165, 1.54) is 0 Å². The van der Waals surface area contributed by atoms with Crippen LogP contribution in [0.3, 0.4) is 0 Å². The van der Waals surface area contributed by atoms with Gasteiger partial charge in [-0.05, 0) is 18.1 Å². The molecule has 1 aromatic carbocycles. The SMILES string of the molecule is CC1=CC(C(=O)O)C(c2ccccc2)CC1=O. The minimum absolute atomic E-state index is 0.0383. The first-order chi connectivity index (χ1) is 8.09. The van der Waals surface area contributed by atoms with Gasteiger partial charge in [0.25, 0.3) is 0 Å². The van der Waals surface area contributed by atoms with Crippen LogP contribution in [0.2, 0.25) is 0 Å². The number of Topliss-reactive ketones (excluding diaryl/α,β-unsaturated/α-hetero) is 1. The topological polar surface area (TPSA) is 54.4 Å². The summed E-state index contributed by atoms with van der Waals surface area (Å²) in [6.45, 7) is 1.68. The zero-order valence-corrected chi connectivity index (χ0v) is 9.59. The number of carboxylic acids is 1. The molecule has 1 aromatic rings. The molecule has 88 valence electrons. The van der Waals surface area contributed by atoms with Gasteiger partial charge < -0.3 is 5.11 Å². The van der Waals surface area contributed by atoms with Crippen molar-refractivity contribution in [3.63, 3.8) is 0 Å². The molecular weight excluding hydrogens is 216 g/mol. The first-order valence-corrected chi connectivity index (χ1v) is 5.59. The van der Waals surface area contributed by atoms with Crippen LogP contribution >= 0.6 is 0 Å². The molecule has 1 N–H and O–H groups in total. The molecule has 1 aliphatic carbocycles. The monoisotopic (exact) mass is 230 g/mol. The highest BCUT2D eigenvalue weighted by Gasteiger charge is 2.33. The van der Waals surface area contributed by atoms with Gasteiger partial charge in [0.15, 0.2) is 5.78 Å². The highest BCUT2D eigenvalue weighted by atomic mass is 16.4. The Hall–Kier alpha value is -1.90. The van der Waals surface area contributed by atoms with Crippen molar-refractivity contribution in [1.29, 1.82) is 0 Å². The molecule has 1 aliphatic rings. The molecule has 2 atom stereocenters. The number of hydrogen-bond acceptors (Lipinski definition) is 2. The van der Waals surface area contributed by atoms with E-state index in [-0.39, 0.29) is 18.1 Å². The maximum Gasteiger partial charge on any atom is 0.311 e. The Morgan fingerprint density at radius 1 is 1.29 bits per heavy atom. The summed E-state index contributed by atoms with van der Waals surface area (Å²) in [6.07, 6.45) is 1.86. The number of aliphatic carboxylic acids is 1. The predicted molar refractivity (Wildman–Crippen MR) is 63.7 cm³/mol. The molecule has 2 unspecified atom stereocenters. The Balaban J connectivity index is 2.39. The van der Waals surface area contributed by atoms with Crippen LogP contribution in [0.5, 0.6) is 0 Å². The van der Waals surface area contributed by atoms with Gasteiger partial charge in [-0.3, -0.25) is 9.59 Å². The van der Waals surface area contributed by atoms with Gasteiger partial charge in [0.1, 0.15) is 0 Å². The molecule has 0 saturated heterocycles. The summed E-state index contributed by atoms with van der Waals surface area (Å²) in [7, 11) is 0. The fraction of sp³-hybridized carbons (Fsp3) is 0.286. The third-order valence-electron chi connectivity index (χ3n) is 3.22. The summed E-state index contributed by atoms with van der Waals surface area (Å²) < 4.78 is 0. The number of allylic oxidation sites excluding steroid dienone is 1. The van der Waals surface area contributed by atoms with Gasteiger partial charge in [-0.25, -0.2) is 0 Å². The van der Waals surface area contributed by atoms with Gasteiger partial charge >= 0.3 is 5.97 Å². The van der Waals surface area contributed by atoms with Crippen molar-refractivity contribution in [2.24, 2.45) is 5.92 Å². The summed E-state index contributed by atoms with van der Waals surface area (Å²) >= 11 is 0. The lowest BCUT2D eigenvalue weighted by molar-refractivity contribution is -0.141. The maximum absolute atomic E-state index is 11.7. The van der Waals surface area contributed by atoms with E-state index in [1.807, 2.05) is 30.3 Å². The molecule has 0 fully saturated rings. The van der Waals surface area contributed by atoms with Crippen molar-refractivity contribution in [2.45, 2.75) is 19.3 Å². The van der Waals surface area contributed by atoms with E-state index >= 15 is 0 Å². The van der Waals surface area contributed by atoms with Gasteiger partial charge in [-0.15, -0.1) is 0 Å². The second-order valence-electron chi connectivity index (χ2n) is 4.36. The average Bonchev–Trinajstić information content (AvgIpc) is 2.33. The number of carbonyl (C=O) groups is 2. The third kappa shape index (κ3) is 2.28. The smallest absolute Gasteiger partial charge is 0.311 e. The number of rotatable bonds is 2. The Bertz CT molecular complexity index is 474. The minimum atomic E-state index is -0.870. The molecule has 0 saturated carbocycles. The van der Waals surface area contributed by atoms with Gasteiger partial charge in [-0.1, -0.05) is 36.4 Å². The molecule has 0 spiro atoms. The Morgan fingerprint density at radius 2 is 1.94 bits per heavy atom. The number of benzene rings is 1. The molecule has 0 bridgehead atoms. The van der Waals surface area contributed by atoms with Crippen molar-refractivity contribution < 1.29 is 14.7 Å². The molecule has 0 heterocycles. The number of ketones is 1. The fourth-order valence-corrected chi connectivity index (χ4v) is 2.23. The zero-order valence-electron chi connectivity index (χ0n) is 9.59. The normalized spacial score (nSPS) is 24.3. The molecule has 0 aromatic heterocycles. The Labute approximate surface area is 99.8 Å². The first-order valence-electron chi connectivity index (χ1n) is 5.59. The van der Waals surface area contributed by atoms with Crippen LogP contribution in [0.4, 0.5) is 0 Å². The van der Waals surface area contributed by atoms with Crippen LogP contribution < -0.4 is 0 Å².